The quantitative estimate of drug-likeness (QED) is 0.166. The van der Waals surface area contributed by atoms with E-state index in [-0.39, 0.29) is 14.0 Å². The van der Waals surface area contributed by atoms with Crippen LogP contribution in [0, 0.1) is 13.8 Å². The number of halogens is 9. The maximum atomic E-state index is 15.1. The second kappa shape index (κ2) is 11.2. The fourth-order valence-corrected chi connectivity index (χ4v) is 11.0. The molecule has 15 heteroatoms. The van der Waals surface area contributed by atoms with Gasteiger partial charge in [-0.05, 0) is 66.1 Å². The molecule has 0 radical (unpaired) electrons. The first-order valence-electron chi connectivity index (χ1n) is 12.1. The minimum atomic E-state index is -7.45. The Morgan fingerprint density at radius 2 is 1.07 bits per heavy atom. The van der Waals surface area contributed by atoms with Crippen LogP contribution in [0.4, 0.5) is 39.5 Å². The molecule has 4 aromatic rings. The van der Waals surface area contributed by atoms with Gasteiger partial charge in [0.25, 0.3) is 0 Å². The fraction of sp³-hybridized carbons (Fsp3) is 0.214. The largest absolute Gasteiger partial charge is 0.460 e. The van der Waals surface area contributed by atoms with E-state index in [1.54, 1.807) is 44.2 Å². The van der Waals surface area contributed by atoms with Crippen molar-refractivity contribution in [3.05, 3.63) is 102 Å². The highest BCUT2D eigenvalue weighted by Gasteiger charge is 2.86. The minimum Gasteiger partial charge on any atom is -0.201 e. The molecule has 0 atom stereocenters. The molecular weight excluding hydrogens is 651 g/mol. The van der Waals surface area contributed by atoms with Gasteiger partial charge in [-0.15, -0.1) is 11.3 Å². The molecule has 43 heavy (non-hydrogen) atoms. The Morgan fingerprint density at radius 3 is 1.51 bits per heavy atom. The monoisotopic (exact) mass is 672 g/mol. The Hall–Kier alpha value is -3.01. The van der Waals surface area contributed by atoms with Crippen LogP contribution < -0.4 is 0 Å². The molecule has 0 fully saturated rings. The Balaban J connectivity index is 2.03. The average molecular weight is 673 g/mol. The third kappa shape index (κ3) is 5.56. The molecule has 0 spiro atoms. The van der Waals surface area contributed by atoms with Crippen LogP contribution in [0.15, 0.2) is 105 Å². The van der Waals surface area contributed by atoms with E-state index in [4.69, 9.17) is 3.63 Å². The maximum absolute atomic E-state index is 15.1. The van der Waals surface area contributed by atoms with Gasteiger partial charge in [0.1, 0.15) is 0 Å². The second-order valence-corrected chi connectivity index (χ2v) is 15.2. The van der Waals surface area contributed by atoms with Gasteiger partial charge < -0.3 is 0 Å². The van der Waals surface area contributed by atoms with E-state index in [9.17, 15) is 39.2 Å². The zero-order chi connectivity index (χ0) is 32.1. The van der Waals surface area contributed by atoms with Crippen LogP contribution in [0.25, 0.3) is 10.4 Å². The molecule has 232 valence electrons. The third-order valence-corrected chi connectivity index (χ3v) is 13.1. The zero-order valence-corrected chi connectivity index (χ0v) is 24.5. The van der Waals surface area contributed by atoms with Gasteiger partial charge in [-0.1, -0.05) is 65.7 Å². The van der Waals surface area contributed by atoms with Crippen LogP contribution in [0.3, 0.4) is 0 Å². The Kier molecular flexibility index (Phi) is 8.54. The van der Waals surface area contributed by atoms with Crippen LogP contribution in [0.1, 0.15) is 11.1 Å². The molecule has 0 aliphatic heterocycles. The van der Waals surface area contributed by atoms with Crippen LogP contribution in [0.5, 0.6) is 0 Å². The summed E-state index contributed by atoms with van der Waals surface area (Å²) < 4.78 is 156. The number of hydrogen-bond donors (Lipinski definition) is 0. The lowest BCUT2D eigenvalue weighted by Gasteiger charge is -2.40. The predicted molar refractivity (Wildman–Crippen MR) is 145 cm³/mol. The molecule has 0 amide bonds. The topological polar surface area (TPSA) is 43.4 Å². The highest BCUT2D eigenvalue weighted by molar-refractivity contribution is 8.34. The molecule has 3 aromatic carbocycles. The van der Waals surface area contributed by atoms with Crippen LogP contribution >= 0.6 is 21.6 Å². The van der Waals surface area contributed by atoms with E-state index in [1.807, 2.05) is 0 Å². The van der Waals surface area contributed by atoms with Gasteiger partial charge in [0.05, 0.1) is 4.21 Å². The van der Waals surface area contributed by atoms with Crippen LogP contribution in [-0.4, -0.2) is 31.7 Å². The fourth-order valence-electron chi connectivity index (χ4n) is 3.87. The van der Waals surface area contributed by atoms with Crippen molar-refractivity contribution in [2.24, 2.45) is 0 Å². The van der Waals surface area contributed by atoms with Crippen molar-refractivity contribution >= 4 is 31.8 Å². The highest BCUT2D eigenvalue weighted by Crippen LogP contribution is 2.73. The van der Waals surface area contributed by atoms with Crippen molar-refractivity contribution in [3.63, 3.8) is 0 Å². The van der Waals surface area contributed by atoms with Gasteiger partial charge >= 0.3 is 33.4 Å². The van der Waals surface area contributed by atoms with Gasteiger partial charge in [0.15, 0.2) is 0 Å². The average Bonchev–Trinajstić information content (AvgIpc) is 3.43. The summed E-state index contributed by atoms with van der Waals surface area (Å²) >= 11 is 0.847. The van der Waals surface area contributed by atoms with Crippen molar-refractivity contribution in [2.75, 3.05) is 0 Å². The SMILES string of the molecule is Cc1ccc(S(OS(=O)(=O)C(F)(F)C(F)(F)C(F)(F)C(F)(F)F)(c2ccc(C)cc2)c2ccc(-c3ccccc3)s2)cc1. The Morgan fingerprint density at radius 1 is 0.605 bits per heavy atom. The van der Waals surface area contributed by atoms with E-state index in [2.05, 4.69) is 0 Å². The molecule has 0 saturated heterocycles. The van der Waals surface area contributed by atoms with Crippen molar-refractivity contribution in [2.45, 2.75) is 51.1 Å². The van der Waals surface area contributed by atoms with Crippen LogP contribution in [0.2, 0.25) is 0 Å². The summed E-state index contributed by atoms with van der Waals surface area (Å²) in [4.78, 5) is 0.204. The molecule has 0 N–H and O–H groups in total. The number of alkyl halides is 9. The predicted octanol–water partition coefficient (Wildman–Crippen LogP) is 10.0. The molecular formula is C28H21F9O3S3. The van der Waals surface area contributed by atoms with E-state index in [0.29, 0.717) is 21.6 Å². The molecule has 0 bridgehead atoms. The molecule has 0 aliphatic rings. The Bertz CT molecular complexity index is 1640. The minimum absolute atomic E-state index is 0.0932. The number of benzene rings is 3. The van der Waals surface area contributed by atoms with E-state index >= 15 is 8.78 Å². The first kappa shape index (κ1) is 32.9. The molecule has 0 unspecified atom stereocenters. The first-order valence-corrected chi connectivity index (χ1v) is 15.8. The summed E-state index contributed by atoms with van der Waals surface area (Å²) in [5.74, 6) is -14.9. The highest BCUT2D eigenvalue weighted by atomic mass is 32.3. The smallest absolute Gasteiger partial charge is 0.201 e. The van der Waals surface area contributed by atoms with Crippen LogP contribution in [-0.2, 0) is 13.7 Å². The summed E-state index contributed by atoms with van der Waals surface area (Å²) in [6.07, 6.45) is -7.22. The van der Waals surface area contributed by atoms with Gasteiger partial charge in [-0.3, -0.25) is 0 Å². The van der Waals surface area contributed by atoms with Crippen molar-refractivity contribution < 1.29 is 51.6 Å². The lowest BCUT2D eigenvalue weighted by molar-refractivity contribution is -0.382. The number of rotatable bonds is 9. The van der Waals surface area contributed by atoms with E-state index < -0.39 is 43.7 Å². The summed E-state index contributed by atoms with van der Waals surface area (Å²) in [7, 11) is -11.3. The van der Waals surface area contributed by atoms with Gasteiger partial charge in [0, 0.05) is 14.7 Å². The standard InChI is InChI=1S/C28H21F9O3S3/c1-18-8-12-21(13-9-18)42(22-14-10-19(2)11-15-22,24-17-16-23(41-24)20-6-4-3-5-7-20)40-43(38,39)28(36,37)26(31,32)25(29,30)27(33,34)35/h3-17H,1-2H3. The van der Waals surface area contributed by atoms with Crippen molar-refractivity contribution in [3.8, 4) is 10.4 Å². The summed E-state index contributed by atoms with van der Waals surface area (Å²) in [6, 6.07) is 22.1. The molecule has 1 heterocycles. The summed E-state index contributed by atoms with van der Waals surface area (Å²) in [5, 5.41) is -7.04. The zero-order valence-electron chi connectivity index (χ0n) is 22.0. The second-order valence-electron chi connectivity index (χ2n) is 9.35. The van der Waals surface area contributed by atoms with Crippen molar-refractivity contribution in [1.82, 2.24) is 0 Å². The number of thiophene rings is 1. The molecule has 1 aromatic heterocycles. The van der Waals surface area contributed by atoms with E-state index in [0.717, 1.165) is 11.3 Å². The Labute approximate surface area is 246 Å². The van der Waals surface area contributed by atoms with Crippen molar-refractivity contribution in [1.29, 1.82) is 0 Å². The number of aryl methyl sites for hydroxylation is 2. The summed E-state index contributed by atoms with van der Waals surface area (Å²) in [5.41, 5.74) is 1.83. The first-order chi connectivity index (χ1) is 19.8. The van der Waals surface area contributed by atoms with E-state index in [1.165, 1.54) is 60.7 Å². The molecule has 4 rings (SSSR count). The molecule has 0 saturated carbocycles. The van der Waals surface area contributed by atoms with Gasteiger partial charge in [-0.25, -0.2) is 3.63 Å². The third-order valence-electron chi connectivity index (χ3n) is 6.25. The lowest BCUT2D eigenvalue weighted by atomic mass is 10.1. The molecule has 0 aliphatic carbocycles. The normalized spacial score (nSPS) is 14.1. The van der Waals surface area contributed by atoms with Gasteiger partial charge in [0.2, 0.25) is 0 Å². The number of hydrogen-bond acceptors (Lipinski definition) is 4. The maximum Gasteiger partial charge on any atom is 0.460 e. The molecule has 3 nitrogen and oxygen atoms in total. The van der Waals surface area contributed by atoms with Gasteiger partial charge in [-0.2, -0.15) is 47.9 Å². The summed E-state index contributed by atoms with van der Waals surface area (Å²) in [6.45, 7) is 3.27. The lowest BCUT2D eigenvalue weighted by Crippen LogP contribution is -2.63.